The van der Waals surface area contributed by atoms with Crippen molar-refractivity contribution in [1.82, 2.24) is 0 Å². The third-order valence-corrected chi connectivity index (χ3v) is 9.76. The Morgan fingerprint density at radius 1 is 0.612 bits per heavy atom. The highest BCUT2D eigenvalue weighted by Crippen LogP contribution is 2.38. The summed E-state index contributed by atoms with van der Waals surface area (Å²) in [4.78, 5) is 24.9. The minimum Gasteiger partial charge on any atom is -0.756 e. The number of hydrogen-bond acceptors (Lipinski definition) is 7. The Bertz CT molecular complexity index is 802. The van der Waals surface area contributed by atoms with Crippen molar-refractivity contribution in [3.8, 4) is 0 Å². The van der Waals surface area contributed by atoms with Crippen LogP contribution in [0.15, 0.2) is 12.2 Å². The van der Waals surface area contributed by atoms with Crippen LogP contribution in [-0.4, -0.2) is 70.7 Å². The number of ether oxygens (including phenoxy) is 2. The number of allylic oxidation sites excluding steroid dienone is 2. The van der Waals surface area contributed by atoms with Gasteiger partial charge in [-0.3, -0.25) is 9.36 Å². The topological polar surface area (TPSA) is 94.1 Å². The van der Waals surface area contributed by atoms with Gasteiger partial charge in [0.1, 0.15) is 19.3 Å². The molecule has 0 aromatic carbocycles. The number of likely N-dealkylation sites (N-methyl/N-ethyl adjacent to an activating group) is 1. The molecule has 0 heterocycles. The minimum atomic E-state index is -4.51. The molecule has 0 fully saturated rings. The number of quaternary nitrogens is 1. The zero-order valence-electron chi connectivity index (χ0n) is 32.9. The van der Waals surface area contributed by atoms with E-state index in [0.29, 0.717) is 24.1 Å². The number of hydrogen-bond donors (Lipinski definition) is 0. The van der Waals surface area contributed by atoms with Crippen molar-refractivity contribution in [2.45, 2.75) is 187 Å². The van der Waals surface area contributed by atoms with E-state index in [9.17, 15) is 14.3 Å². The molecule has 0 N–H and O–H groups in total. The number of esters is 1. The summed E-state index contributed by atoms with van der Waals surface area (Å²) >= 11 is 0. The van der Waals surface area contributed by atoms with Crippen LogP contribution in [0.1, 0.15) is 181 Å². The molecule has 8 nitrogen and oxygen atoms in total. The van der Waals surface area contributed by atoms with Gasteiger partial charge >= 0.3 is 5.97 Å². The molecular formula is C40H80NO7P. The van der Waals surface area contributed by atoms with Crippen molar-refractivity contribution in [3.05, 3.63) is 12.2 Å². The summed E-state index contributed by atoms with van der Waals surface area (Å²) in [5.74, 6) is -0.334. The highest BCUT2D eigenvalue weighted by atomic mass is 31.2. The van der Waals surface area contributed by atoms with Crippen LogP contribution in [0.4, 0.5) is 0 Å². The van der Waals surface area contributed by atoms with E-state index in [0.717, 1.165) is 32.1 Å². The maximum Gasteiger partial charge on any atom is 0.306 e. The fourth-order valence-electron chi connectivity index (χ4n) is 5.61. The lowest BCUT2D eigenvalue weighted by Gasteiger charge is -2.28. The van der Waals surface area contributed by atoms with Crippen molar-refractivity contribution < 1.29 is 37.3 Å². The van der Waals surface area contributed by atoms with Crippen molar-refractivity contribution in [2.24, 2.45) is 0 Å². The SMILES string of the molecule is CCC/C=C\CCCCCCCCOCC(COP(=O)([O-])OCC[N+](C)(C)C)OC(=O)CCCCCCCCCCCCCCCCCC. The van der Waals surface area contributed by atoms with Crippen molar-refractivity contribution in [2.75, 3.05) is 54.1 Å². The maximum absolute atomic E-state index is 12.6. The van der Waals surface area contributed by atoms with Gasteiger partial charge in [-0.15, -0.1) is 0 Å². The summed E-state index contributed by atoms with van der Waals surface area (Å²) in [6.45, 7) is 5.36. The normalized spacial score (nSPS) is 14.0. The molecule has 0 aliphatic carbocycles. The molecule has 0 saturated carbocycles. The molecule has 2 atom stereocenters. The second-order valence-electron chi connectivity index (χ2n) is 15.0. The van der Waals surface area contributed by atoms with Crippen LogP contribution in [0.25, 0.3) is 0 Å². The second-order valence-corrected chi connectivity index (χ2v) is 16.4. The van der Waals surface area contributed by atoms with E-state index in [4.69, 9.17) is 18.5 Å². The number of carbonyl (C=O) groups excluding carboxylic acids is 1. The first-order valence-corrected chi connectivity index (χ1v) is 21.9. The zero-order chi connectivity index (χ0) is 36.3. The Hall–Kier alpha value is -0.760. The highest BCUT2D eigenvalue weighted by Gasteiger charge is 2.20. The van der Waals surface area contributed by atoms with E-state index >= 15 is 0 Å². The van der Waals surface area contributed by atoms with Gasteiger partial charge in [-0.05, 0) is 32.1 Å². The lowest BCUT2D eigenvalue weighted by Crippen LogP contribution is -2.37. The Morgan fingerprint density at radius 3 is 1.63 bits per heavy atom. The summed E-state index contributed by atoms with van der Waals surface area (Å²) in [6.07, 6.45) is 35.0. The molecule has 0 bridgehead atoms. The molecule has 0 aliphatic heterocycles. The number of phosphoric ester groups is 1. The zero-order valence-corrected chi connectivity index (χ0v) is 33.8. The molecule has 49 heavy (non-hydrogen) atoms. The lowest BCUT2D eigenvalue weighted by atomic mass is 10.0. The fraction of sp³-hybridized carbons (Fsp3) is 0.925. The van der Waals surface area contributed by atoms with Gasteiger partial charge in [0.25, 0.3) is 7.82 Å². The monoisotopic (exact) mass is 718 g/mol. The number of nitrogens with zero attached hydrogens (tertiary/aromatic N) is 1. The van der Waals surface area contributed by atoms with Crippen LogP contribution < -0.4 is 4.89 Å². The van der Waals surface area contributed by atoms with E-state index in [1.807, 2.05) is 21.1 Å². The van der Waals surface area contributed by atoms with Crippen LogP contribution in [0, 0.1) is 0 Å². The molecule has 0 saturated heterocycles. The molecule has 0 spiro atoms. The standard InChI is InChI=1S/C40H80NO7P/c1-6-8-10-12-14-16-18-19-20-21-22-23-25-27-29-31-33-40(42)48-39(38-47-49(43,44)46-36-34-41(3,4)5)37-45-35-32-30-28-26-24-17-15-13-11-9-7-2/h11,13,39H,6-10,12,14-38H2,1-5H3/b13-11-. The molecule has 9 heteroatoms. The van der Waals surface area contributed by atoms with Crippen LogP contribution in [-0.2, 0) is 27.9 Å². The Labute approximate surface area is 303 Å². The summed E-state index contributed by atoms with van der Waals surface area (Å²) in [5, 5.41) is 0. The molecular weight excluding hydrogens is 637 g/mol. The minimum absolute atomic E-state index is 0.0278. The van der Waals surface area contributed by atoms with E-state index < -0.39 is 13.9 Å². The van der Waals surface area contributed by atoms with Crippen LogP contribution in [0.2, 0.25) is 0 Å². The average molecular weight is 718 g/mol. The molecule has 292 valence electrons. The van der Waals surface area contributed by atoms with Gasteiger partial charge in [0.15, 0.2) is 0 Å². The largest absolute Gasteiger partial charge is 0.756 e. The highest BCUT2D eigenvalue weighted by molar-refractivity contribution is 7.45. The quantitative estimate of drug-likeness (QED) is 0.0206. The van der Waals surface area contributed by atoms with Crippen molar-refractivity contribution in [3.63, 3.8) is 0 Å². The van der Waals surface area contributed by atoms with Crippen LogP contribution >= 0.6 is 7.82 Å². The predicted octanol–water partition coefficient (Wildman–Crippen LogP) is 10.9. The van der Waals surface area contributed by atoms with Crippen molar-refractivity contribution in [1.29, 1.82) is 0 Å². The number of unbranched alkanes of at least 4 members (excludes halogenated alkanes) is 22. The van der Waals surface area contributed by atoms with Gasteiger partial charge in [-0.2, -0.15) is 0 Å². The average Bonchev–Trinajstić information content (AvgIpc) is 3.04. The van der Waals surface area contributed by atoms with Gasteiger partial charge in [-0.1, -0.05) is 154 Å². The summed E-state index contributed by atoms with van der Waals surface area (Å²) in [5.41, 5.74) is 0. The summed E-state index contributed by atoms with van der Waals surface area (Å²) in [6, 6.07) is 0. The van der Waals surface area contributed by atoms with E-state index in [-0.39, 0.29) is 25.8 Å². The van der Waals surface area contributed by atoms with E-state index in [1.165, 1.54) is 128 Å². The van der Waals surface area contributed by atoms with Gasteiger partial charge < -0.3 is 27.9 Å². The Balaban J connectivity index is 4.22. The first-order valence-electron chi connectivity index (χ1n) is 20.4. The smallest absolute Gasteiger partial charge is 0.306 e. The van der Waals surface area contributed by atoms with E-state index in [2.05, 4.69) is 26.0 Å². The number of carbonyl (C=O) groups is 1. The lowest BCUT2D eigenvalue weighted by molar-refractivity contribution is -0.870. The third-order valence-electron chi connectivity index (χ3n) is 8.80. The Kier molecular flexibility index (Phi) is 33.8. The third kappa shape index (κ3) is 38.3. The first-order chi connectivity index (χ1) is 23.6. The molecule has 0 aliphatic rings. The van der Waals surface area contributed by atoms with Gasteiger partial charge in [0.05, 0.1) is 34.4 Å². The van der Waals surface area contributed by atoms with Crippen LogP contribution in [0.3, 0.4) is 0 Å². The van der Waals surface area contributed by atoms with Gasteiger partial charge in [0, 0.05) is 13.0 Å². The van der Waals surface area contributed by atoms with Gasteiger partial charge in [0.2, 0.25) is 0 Å². The van der Waals surface area contributed by atoms with Crippen LogP contribution in [0.5, 0.6) is 0 Å². The van der Waals surface area contributed by atoms with Gasteiger partial charge in [-0.25, -0.2) is 0 Å². The summed E-state index contributed by atoms with van der Waals surface area (Å²) < 4.78 is 34.5. The molecule has 0 radical (unpaired) electrons. The summed E-state index contributed by atoms with van der Waals surface area (Å²) in [7, 11) is 1.36. The number of phosphoric acid groups is 1. The maximum atomic E-state index is 12.6. The first kappa shape index (κ1) is 48.2. The number of rotatable bonds is 38. The molecule has 0 rings (SSSR count). The van der Waals surface area contributed by atoms with E-state index in [1.54, 1.807) is 0 Å². The molecule has 0 aromatic heterocycles. The molecule has 0 amide bonds. The van der Waals surface area contributed by atoms with Crippen molar-refractivity contribution >= 4 is 13.8 Å². The predicted molar refractivity (Wildman–Crippen MR) is 204 cm³/mol. The molecule has 0 aromatic rings. The fourth-order valence-corrected chi connectivity index (χ4v) is 6.34. The molecule has 2 unspecified atom stereocenters. The Morgan fingerprint density at radius 2 is 1.10 bits per heavy atom. The second kappa shape index (κ2) is 34.3.